The molecule has 1 aliphatic heterocycles. The molecule has 4 rings (SSSR count). The van der Waals surface area contributed by atoms with Crippen molar-refractivity contribution in [2.45, 2.75) is 31.3 Å². The normalized spacial score (nSPS) is 25.0. The minimum absolute atomic E-state index is 0.167. The summed E-state index contributed by atoms with van der Waals surface area (Å²) in [6.07, 6.45) is 2.26. The van der Waals surface area contributed by atoms with Gasteiger partial charge in [-0.2, -0.15) is 0 Å². The van der Waals surface area contributed by atoms with Crippen LogP contribution in [0.4, 0.5) is 5.82 Å². The Labute approximate surface area is 155 Å². The molecule has 27 heavy (non-hydrogen) atoms. The van der Waals surface area contributed by atoms with Crippen molar-refractivity contribution in [2.24, 2.45) is 0 Å². The highest BCUT2D eigenvalue weighted by Gasteiger charge is 2.45. The molecule has 0 aliphatic carbocycles. The molecule has 3 N–H and O–H groups in total. The highest BCUT2D eigenvalue weighted by Crippen LogP contribution is 2.39. The molecule has 1 fully saturated rings. The number of hydrogen-bond acceptors (Lipinski definition) is 6. The summed E-state index contributed by atoms with van der Waals surface area (Å²) in [7, 11) is 0. The number of fused-ring (bicyclic) bond motifs is 1. The summed E-state index contributed by atoms with van der Waals surface area (Å²) in [4.78, 5) is 20.9. The van der Waals surface area contributed by atoms with Crippen molar-refractivity contribution in [1.82, 2.24) is 14.5 Å². The van der Waals surface area contributed by atoms with Crippen LogP contribution in [0.3, 0.4) is 0 Å². The summed E-state index contributed by atoms with van der Waals surface area (Å²) >= 11 is 0. The predicted molar refractivity (Wildman–Crippen MR) is 98.2 cm³/mol. The maximum Gasteiger partial charge on any atom is 0.256 e. The number of ether oxygens (including phenoxy) is 1. The van der Waals surface area contributed by atoms with Crippen molar-refractivity contribution >= 4 is 22.8 Å². The van der Waals surface area contributed by atoms with Gasteiger partial charge >= 0.3 is 0 Å². The van der Waals surface area contributed by atoms with E-state index in [0.717, 1.165) is 0 Å². The molecule has 3 aromatic rings. The highest BCUT2D eigenvalue weighted by molar-refractivity contribution is 6.07. The molecule has 1 aliphatic rings. The van der Waals surface area contributed by atoms with Gasteiger partial charge in [-0.3, -0.25) is 4.79 Å². The Hall–Kier alpha value is -2.81. The Morgan fingerprint density at radius 3 is 2.81 bits per heavy atom. The first kappa shape index (κ1) is 17.6. The first-order valence-corrected chi connectivity index (χ1v) is 8.66. The molecule has 0 saturated carbocycles. The third-order valence-electron chi connectivity index (χ3n) is 4.73. The number of aliphatic hydroxyl groups excluding tert-OH is 1. The third kappa shape index (κ3) is 3.18. The summed E-state index contributed by atoms with van der Waals surface area (Å²) in [6.45, 7) is 1.50. The number of aromatic nitrogens is 3. The van der Waals surface area contributed by atoms with Crippen LogP contribution in [0.5, 0.6) is 0 Å². The molecule has 0 spiro atoms. The standard InChI is InChI=1S/C19H20N4O4/c1-19(26)9-13(10-24)27-18(19)23-8-7-14-15(20-11-21-16(14)23)22-17(25)12-5-3-2-4-6-12/h2-8,11,13,18,24,26H,9-10H2,1H3,(H,20,21,22,25)/t13-,18+,19+/m0/s1. The summed E-state index contributed by atoms with van der Waals surface area (Å²) in [5.74, 6) is 0.108. The lowest BCUT2D eigenvalue weighted by Gasteiger charge is -2.25. The second-order valence-corrected chi connectivity index (χ2v) is 6.86. The lowest BCUT2D eigenvalue weighted by atomic mass is 10.0. The van der Waals surface area contributed by atoms with Gasteiger partial charge in [-0.05, 0) is 25.1 Å². The minimum atomic E-state index is -1.16. The van der Waals surface area contributed by atoms with E-state index in [1.165, 1.54) is 6.33 Å². The van der Waals surface area contributed by atoms with E-state index in [4.69, 9.17) is 4.74 Å². The van der Waals surface area contributed by atoms with Gasteiger partial charge in [0, 0.05) is 18.2 Å². The van der Waals surface area contributed by atoms with E-state index in [0.29, 0.717) is 28.8 Å². The van der Waals surface area contributed by atoms with Gasteiger partial charge in [0.2, 0.25) is 0 Å². The van der Waals surface area contributed by atoms with Gasteiger partial charge in [-0.25, -0.2) is 9.97 Å². The van der Waals surface area contributed by atoms with Crippen LogP contribution in [0.1, 0.15) is 29.9 Å². The van der Waals surface area contributed by atoms with Crippen LogP contribution < -0.4 is 5.32 Å². The van der Waals surface area contributed by atoms with E-state index in [2.05, 4.69) is 15.3 Å². The number of rotatable bonds is 4. The van der Waals surface area contributed by atoms with Crippen LogP contribution in [0.15, 0.2) is 48.9 Å². The number of nitrogens with zero attached hydrogens (tertiary/aromatic N) is 3. The number of nitrogens with one attached hydrogen (secondary N) is 1. The Bertz CT molecular complexity index is 970. The van der Waals surface area contributed by atoms with Crippen LogP contribution in [0.25, 0.3) is 11.0 Å². The largest absolute Gasteiger partial charge is 0.394 e. The molecule has 1 aromatic carbocycles. The molecule has 140 valence electrons. The van der Waals surface area contributed by atoms with Crippen molar-refractivity contribution in [3.8, 4) is 0 Å². The smallest absolute Gasteiger partial charge is 0.256 e. The fourth-order valence-electron chi connectivity index (χ4n) is 3.44. The molecule has 1 saturated heterocycles. The summed E-state index contributed by atoms with van der Waals surface area (Å²) in [6, 6.07) is 10.6. The zero-order chi connectivity index (χ0) is 19.0. The summed E-state index contributed by atoms with van der Waals surface area (Å²) in [5, 5.41) is 23.5. The van der Waals surface area contributed by atoms with Crippen LogP contribution in [0, 0.1) is 0 Å². The molecule has 2 aromatic heterocycles. The fourth-order valence-corrected chi connectivity index (χ4v) is 3.44. The molecule has 1 amide bonds. The summed E-state index contributed by atoms with van der Waals surface area (Å²) in [5.41, 5.74) is -0.105. The average Bonchev–Trinajstić information content (AvgIpc) is 3.22. The van der Waals surface area contributed by atoms with Crippen molar-refractivity contribution in [1.29, 1.82) is 0 Å². The molecule has 3 atom stereocenters. The minimum Gasteiger partial charge on any atom is -0.394 e. The molecule has 0 unspecified atom stereocenters. The van der Waals surface area contributed by atoms with Crippen LogP contribution >= 0.6 is 0 Å². The number of hydrogen-bond donors (Lipinski definition) is 3. The second-order valence-electron chi connectivity index (χ2n) is 6.86. The van der Waals surface area contributed by atoms with E-state index in [9.17, 15) is 15.0 Å². The second kappa shape index (κ2) is 6.73. The molecule has 0 bridgehead atoms. The molecule has 3 heterocycles. The van der Waals surface area contributed by atoms with Gasteiger partial charge in [0.25, 0.3) is 5.91 Å². The van der Waals surface area contributed by atoms with Crippen LogP contribution in [-0.4, -0.2) is 49.0 Å². The molecular weight excluding hydrogens is 348 g/mol. The van der Waals surface area contributed by atoms with E-state index in [1.807, 2.05) is 6.07 Å². The molecule has 8 nitrogen and oxygen atoms in total. The third-order valence-corrected chi connectivity index (χ3v) is 4.73. The zero-order valence-corrected chi connectivity index (χ0v) is 14.7. The summed E-state index contributed by atoms with van der Waals surface area (Å²) < 4.78 is 7.48. The van der Waals surface area contributed by atoms with Crippen molar-refractivity contribution in [2.75, 3.05) is 11.9 Å². The predicted octanol–water partition coefficient (Wildman–Crippen LogP) is 1.71. The average molecular weight is 368 g/mol. The topological polar surface area (TPSA) is 110 Å². The van der Waals surface area contributed by atoms with E-state index < -0.39 is 17.9 Å². The van der Waals surface area contributed by atoms with E-state index in [1.54, 1.807) is 48.0 Å². The SMILES string of the molecule is C[C@@]1(O)C[C@@H](CO)O[C@H]1n1ccc2c(NC(=O)c3ccccc3)ncnc21. The number of aliphatic hydroxyl groups is 2. The Balaban J connectivity index is 1.67. The number of anilines is 1. The monoisotopic (exact) mass is 368 g/mol. The van der Waals surface area contributed by atoms with Crippen molar-refractivity contribution in [3.63, 3.8) is 0 Å². The fraction of sp³-hybridized carbons (Fsp3) is 0.316. The lowest BCUT2D eigenvalue weighted by Crippen LogP contribution is -2.31. The maximum atomic E-state index is 12.4. The molecular formula is C19H20N4O4. The number of carbonyl (C=O) groups excluding carboxylic acids is 1. The van der Waals surface area contributed by atoms with E-state index >= 15 is 0 Å². The maximum absolute atomic E-state index is 12.4. The Morgan fingerprint density at radius 2 is 2.11 bits per heavy atom. The van der Waals surface area contributed by atoms with Gasteiger partial charge in [-0.1, -0.05) is 18.2 Å². The number of benzene rings is 1. The van der Waals surface area contributed by atoms with Gasteiger partial charge in [0.15, 0.2) is 6.23 Å². The highest BCUT2D eigenvalue weighted by atomic mass is 16.5. The van der Waals surface area contributed by atoms with Gasteiger partial charge in [-0.15, -0.1) is 0 Å². The van der Waals surface area contributed by atoms with Gasteiger partial charge in [0.05, 0.1) is 18.1 Å². The van der Waals surface area contributed by atoms with E-state index in [-0.39, 0.29) is 12.5 Å². The Morgan fingerprint density at radius 1 is 1.33 bits per heavy atom. The van der Waals surface area contributed by atoms with Crippen molar-refractivity contribution < 1.29 is 19.7 Å². The first-order chi connectivity index (χ1) is 13.0. The quantitative estimate of drug-likeness (QED) is 0.647. The van der Waals surface area contributed by atoms with Crippen molar-refractivity contribution in [3.05, 3.63) is 54.5 Å². The zero-order valence-electron chi connectivity index (χ0n) is 14.7. The lowest BCUT2D eigenvalue weighted by molar-refractivity contribution is -0.0852. The van der Waals surface area contributed by atoms with Gasteiger partial charge < -0.3 is 24.8 Å². The number of amides is 1. The van der Waals surface area contributed by atoms with Crippen LogP contribution in [0.2, 0.25) is 0 Å². The first-order valence-electron chi connectivity index (χ1n) is 8.66. The Kier molecular flexibility index (Phi) is 4.39. The van der Waals surface area contributed by atoms with Gasteiger partial charge in [0.1, 0.15) is 23.4 Å². The molecule has 0 radical (unpaired) electrons. The molecule has 8 heteroatoms. The van der Waals surface area contributed by atoms with Crippen LogP contribution in [-0.2, 0) is 4.74 Å². The number of carbonyl (C=O) groups is 1.